The van der Waals surface area contributed by atoms with Crippen LogP contribution in [0.25, 0.3) is 0 Å². The first-order valence-corrected chi connectivity index (χ1v) is 4.17. The van der Waals surface area contributed by atoms with Crippen molar-refractivity contribution < 1.29 is 0 Å². The monoisotopic (exact) mass is 163 g/mol. The highest BCUT2D eigenvalue weighted by Crippen LogP contribution is 2.17. The third-order valence-corrected chi connectivity index (χ3v) is 1.94. The minimum atomic E-state index is -0.149. The average Bonchev–Trinajstić information content (AvgIpc) is 1.60. The molecular weight excluding hydrogens is 146 g/mol. The van der Waals surface area contributed by atoms with E-state index in [0.29, 0.717) is 12.1 Å². The molecule has 1 atom stereocenters. The Morgan fingerprint density at radius 3 is 1.70 bits per heavy atom. The molecule has 0 radical (unpaired) electrons. The maximum absolute atomic E-state index is 6.07. The van der Waals surface area contributed by atoms with Crippen LogP contribution in [-0.4, -0.2) is 17.0 Å². The van der Waals surface area contributed by atoms with Gasteiger partial charge >= 0.3 is 0 Å². The van der Waals surface area contributed by atoms with Gasteiger partial charge in [-0.25, -0.2) is 0 Å². The number of nitrogens with one attached hydrogen (secondary N) is 1. The summed E-state index contributed by atoms with van der Waals surface area (Å²) in [7, 11) is 0. The highest BCUT2D eigenvalue weighted by Gasteiger charge is 2.22. The summed E-state index contributed by atoms with van der Waals surface area (Å²) in [6, 6.07) is 0.863. The van der Waals surface area contributed by atoms with Gasteiger partial charge in [0.2, 0.25) is 0 Å². The van der Waals surface area contributed by atoms with E-state index >= 15 is 0 Å². The van der Waals surface area contributed by atoms with E-state index in [9.17, 15) is 0 Å². The summed E-state index contributed by atoms with van der Waals surface area (Å²) in [6.45, 7) is 10.4. The van der Waals surface area contributed by atoms with Gasteiger partial charge < -0.3 is 5.32 Å². The Kier molecular flexibility index (Phi) is 3.68. The first-order chi connectivity index (χ1) is 4.34. The number of alkyl halides is 1. The lowest BCUT2D eigenvalue weighted by molar-refractivity contribution is 0.418. The second-order valence-corrected chi connectivity index (χ2v) is 4.58. The summed E-state index contributed by atoms with van der Waals surface area (Å²) in [5.74, 6) is 0. The molecule has 0 fully saturated rings. The minimum absolute atomic E-state index is 0.149. The molecule has 0 saturated heterocycles. The molecule has 0 spiro atoms. The van der Waals surface area contributed by atoms with Crippen LogP contribution in [-0.2, 0) is 0 Å². The first kappa shape index (κ1) is 10.2. The number of rotatable bonds is 3. The Morgan fingerprint density at radius 2 is 1.60 bits per heavy atom. The first-order valence-electron chi connectivity index (χ1n) is 3.79. The van der Waals surface area contributed by atoms with Gasteiger partial charge in [-0.05, 0) is 20.8 Å². The Hall–Kier alpha value is 0.250. The van der Waals surface area contributed by atoms with Crippen molar-refractivity contribution in [3.8, 4) is 0 Å². The molecule has 0 saturated carbocycles. The largest absolute Gasteiger partial charge is 0.310 e. The van der Waals surface area contributed by atoms with Crippen LogP contribution in [0.5, 0.6) is 0 Å². The molecule has 10 heavy (non-hydrogen) atoms. The van der Waals surface area contributed by atoms with Gasteiger partial charge in [0.25, 0.3) is 0 Å². The molecule has 0 aliphatic rings. The van der Waals surface area contributed by atoms with E-state index < -0.39 is 0 Å². The summed E-state index contributed by atoms with van der Waals surface area (Å²) >= 11 is 6.07. The molecule has 2 heteroatoms. The van der Waals surface area contributed by atoms with Gasteiger partial charge in [-0.3, -0.25) is 0 Å². The van der Waals surface area contributed by atoms with Gasteiger partial charge in [-0.2, -0.15) is 0 Å². The van der Waals surface area contributed by atoms with Crippen molar-refractivity contribution in [2.45, 2.75) is 51.6 Å². The lowest BCUT2D eigenvalue weighted by Crippen LogP contribution is -2.43. The smallest absolute Gasteiger partial charge is 0.0540 e. The highest BCUT2D eigenvalue weighted by molar-refractivity contribution is 6.23. The molecule has 0 rings (SSSR count). The molecule has 0 bridgehead atoms. The molecule has 1 unspecified atom stereocenters. The van der Waals surface area contributed by atoms with E-state index in [1.54, 1.807) is 0 Å². The standard InChI is InChI=1S/C8H18ClN/c1-6(2)10-7(3)8(4,5)9/h6-7,10H,1-5H3. The summed E-state index contributed by atoms with van der Waals surface area (Å²) in [5, 5.41) is 3.35. The maximum atomic E-state index is 6.07. The molecule has 0 amide bonds. The number of hydrogen-bond acceptors (Lipinski definition) is 1. The van der Waals surface area contributed by atoms with Crippen LogP contribution in [0, 0.1) is 0 Å². The number of halogens is 1. The SMILES string of the molecule is CC(C)NC(C)C(C)(C)Cl. The minimum Gasteiger partial charge on any atom is -0.310 e. The Bertz CT molecular complexity index is 93.9. The Balaban J connectivity index is 3.73. The van der Waals surface area contributed by atoms with Crippen molar-refractivity contribution >= 4 is 11.6 Å². The predicted molar refractivity (Wildman–Crippen MR) is 47.7 cm³/mol. The fourth-order valence-electron chi connectivity index (χ4n) is 0.698. The second-order valence-electron chi connectivity index (χ2n) is 3.61. The normalized spacial score (nSPS) is 15.9. The number of hydrogen-bond donors (Lipinski definition) is 1. The van der Waals surface area contributed by atoms with Crippen LogP contribution in [0.15, 0.2) is 0 Å². The average molecular weight is 164 g/mol. The molecule has 0 aromatic rings. The highest BCUT2D eigenvalue weighted by atomic mass is 35.5. The lowest BCUT2D eigenvalue weighted by Gasteiger charge is -2.27. The van der Waals surface area contributed by atoms with Gasteiger partial charge in [0.15, 0.2) is 0 Å². The van der Waals surface area contributed by atoms with Crippen LogP contribution in [0.3, 0.4) is 0 Å². The fourth-order valence-corrected chi connectivity index (χ4v) is 0.761. The molecule has 0 aromatic heterocycles. The zero-order valence-corrected chi connectivity index (χ0v) is 8.29. The maximum Gasteiger partial charge on any atom is 0.0540 e. The van der Waals surface area contributed by atoms with Crippen LogP contribution in [0.1, 0.15) is 34.6 Å². The van der Waals surface area contributed by atoms with Gasteiger partial charge in [-0.15, -0.1) is 11.6 Å². The van der Waals surface area contributed by atoms with Crippen LogP contribution < -0.4 is 5.32 Å². The lowest BCUT2D eigenvalue weighted by atomic mass is 10.1. The molecule has 0 aromatic carbocycles. The topological polar surface area (TPSA) is 12.0 Å². The van der Waals surface area contributed by atoms with Gasteiger partial charge in [0.05, 0.1) is 4.87 Å². The van der Waals surface area contributed by atoms with Gasteiger partial charge in [0, 0.05) is 12.1 Å². The Morgan fingerprint density at radius 1 is 1.20 bits per heavy atom. The van der Waals surface area contributed by atoms with Crippen molar-refractivity contribution in [1.82, 2.24) is 5.32 Å². The molecule has 1 N–H and O–H groups in total. The third kappa shape index (κ3) is 4.13. The summed E-state index contributed by atoms with van der Waals surface area (Å²) < 4.78 is 0. The van der Waals surface area contributed by atoms with E-state index in [4.69, 9.17) is 11.6 Å². The van der Waals surface area contributed by atoms with E-state index in [1.165, 1.54) is 0 Å². The zero-order chi connectivity index (χ0) is 8.36. The molecule has 1 nitrogen and oxygen atoms in total. The van der Waals surface area contributed by atoms with Gasteiger partial charge in [0.1, 0.15) is 0 Å². The quantitative estimate of drug-likeness (QED) is 0.631. The zero-order valence-electron chi connectivity index (χ0n) is 7.53. The summed E-state index contributed by atoms with van der Waals surface area (Å²) in [6.07, 6.45) is 0. The summed E-state index contributed by atoms with van der Waals surface area (Å²) in [4.78, 5) is -0.149. The second kappa shape index (κ2) is 3.59. The van der Waals surface area contributed by atoms with E-state index in [1.807, 2.05) is 13.8 Å². The van der Waals surface area contributed by atoms with E-state index in [2.05, 4.69) is 26.1 Å². The van der Waals surface area contributed by atoms with Crippen molar-refractivity contribution in [2.24, 2.45) is 0 Å². The van der Waals surface area contributed by atoms with Crippen LogP contribution >= 0.6 is 11.6 Å². The van der Waals surface area contributed by atoms with Crippen molar-refractivity contribution in [2.75, 3.05) is 0 Å². The van der Waals surface area contributed by atoms with Crippen LogP contribution in [0.4, 0.5) is 0 Å². The van der Waals surface area contributed by atoms with E-state index in [-0.39, 0.29) is 4.87 Å². The molecule has 0 aliphatic carbocycles. The van der Waals surface area contributed by atoms with Crippen molar-refractivity contribution in [1.29, 1.82) is 0 Å². The Labute approximate surface area is 69.1 Å². The fraction of sp³-hybridized carbons (Fsp3) is 1.00. The summed E-state index contributed by atoms with van der Waals surface area (Å²) in [5.41, 5.74) is 0. The van der Waals surface area contributed by atoms with Crippen LogP contribution in [0.2, 0.25) is 0 Å². The van der Waals surface area contributed by atoms with E-state index in [0.717, 1.165) is 0 Å². The molecule has 0 aliphatic heterocycles. The van der Waals surface area contributed by atoms with Crippen molar-refractivity contribution in [3.63, 3.8) is 0 Å². The molecule has 0 heterocycles. The van der Waals surface area contributed by atoms with Crippen molar-refractivity contribution in [3.05, 3.63) is 0 Å². The van der Waals surface area contributed by atoms with Gasteiger partial charge in [-0.1, -0.05) is 13.8 Å². The predicted octanol–water partition coefficient (Wildman–Crippen LogP) is 2.39. The molecular formula is C8H18ClN. The molecule has 62 valence electrons. The third-order valence-electron chi connectivity index (χ3n) is 1.61.